The summed E-state index contributed by atoms with van der Waals surface area (Å²) in [5, 5.41) is 20.9. The number of β-lactam (4-membered cyclic amide) rings is 1. The van der Waals surface area contributed by atoms with Crippen LogP contribution in [0.5, 0.6) is 0 Å². The number of amides is 1. The second-order valence-electron chi connectivity index (χ2n) is 6.51. The van der Waals surface area contributed by atoms with Crippen LogP contribution in [0.2, 0.25) is 0 Å². The van der Waals surface area contributed by atoms with Gasteiger partial charge in [0.2, 0.25) is 5.95 Å². The molecule has 1 unspecified atom stereocenters. The van der Waals surface area contributed by atoms with Crippen LogP contribution in [-0.2, 0) is 30.5 Å². The Bertz CT molecular complexity index is 881. The summed E-state index contributed by atoms with van der Waals surface area (Å²) in [6, 6.07) is -0.662. The Balaban J connectivity index is 1.70. The lowest BCUT2D eigenvalue weighted by atomic mass is 10.0. The van der Waals surface area contributed by atoms with E-state index in [-0.39, 0.29) is 18.7 Å². The van der Waals surface area contributed by atoms with E-state index >= 15 is 0 Å². The molecule has 0 aliphatic carbocycles. The van der Waals surface area contributed by atoms with Crippen LogP contribution in [0.1, 0.15) is 19.8 Å². The third-order valence-electron chi connectivity index (χ3n) is 4.49. The Hall–Kier alpha value is -3.02. The van der Waals surface area contributed by atoms with Gasteiger partial charge in [-0.1, -0.05) is 0 Å². The van der Waals surface area contributed by atoms with Gasteiger partial charge in [0.15, 0.2) is 0 Å². The highest BCUT2D eigenvalue weighted by atomic mass is 32.2. The van der Waals surface area contributed by atoms with Crippen LogP contribution < -0.4 is 5.32 Å². The summed E-state index contributed by atoms with van der Waals surface area (Å²) in [6.45, 7) is 1.48. The number of hydrogen-bond donors (Lipinski definition) is 3. The normalized spacial score (nSPS) is 20.7. The molecule has 3 heterocycles. The van der Waals surface area contributed by atoms with Crippen molar-refractivity contribution < 1.29 is 34.1 Å². The van der Waals surface area contributed by atoms with Gasteiger partial charge in [0, 0.05) is 43.6 Å². The summed E-state index contributed by atoms with van der Waals surface area (Å²) < 4.78 is 6.62. The van der Waals surface area contributed by atoms with Gasteiger partial charge in [-0.05, 0) is 6.42 Å². The third kappa shape index (κ3) is 4.36. The molecule has 3 rings (SSSR count). The van der Waals surface area contributed by atoms with Crippen molar-refractivity contribution in [3.05, 3.63) is 23.7 Å². The number of rotatable bonds is 9. The summed E-state index contributed by atoms with van der Waals surface area (Å²) in [5.41, 5.74) is 0.221. The molecule has 156 valence electrons. The lowest BCUT2D eigenvalue weighted by Crippen LogP contribution is -2.68. The van der Waals surface area contributed by atoms with Gasteiger partial charge in [0.05, 0.1) is 0 Å². The molecule has 1 aromatic heterocycles. The molecule has 2 aliphatic heterocycles. The Kier molecular flexibility index (Phi) is 6.11. The van der Waals surface area contributed by atoms with Crippen LogP contribution in [0.25, 0.3) is 0 Å². The number of fused-ring (bicyclic) bond motifs is 1. The van der Waals surface area contributed by atoms with E-state index < -0.39 is 35.2 Å². The molecule has 2 aliphatic rings. The summed E-state index contributed by atoms with van der Waals surface area (Å²) in [4.78, 5) is 51.4. The summed E-state index contributed by atoms with van der Waals surface area (Å²) in [6.07, 6.45) is 3.65. The Morgan fingerprint density at radius 3 is 2.79 bits per heavy atom. The van der Waals surface area contributed by atoms with Crippen molar-refractivity contribution in [2.45, 2.75) is 37.7 Å². The van der Waals surface area contributed by atoms with Crippen LogP contribution in [0.15, 0.2) is 23.7 Å². The lowest BCUT2D eigenvalue weighted by molar-refractivity contribution is -0.147. The molecule has 0 radical (unpaired) electrons. The van der Waals surface area contributed by atoms with Gasteiger partial charge in [-0.2, -0.15) is 0 Å². The number of nitrogens with zero attached hydrogens (tertiary/aromatic N) is 3. The van der Waals surface area contributed by atoms with E-state index in [1.165, 1.54) is 29.8 Å². The van der Waals surface area contributed by atoms with Gasteiger partial charge in [-0.15, -0.1) is 11.8 Å². The fourth-order valence-electron chi connectivity index (χ4n) is 3.15. The minimum atomic E-state index is -1.25. The van der Waals surface area contributed by atoms with E-state index in [1.54, 1.807) is 10.8 Å². The average molecular weight is 424 g/mol. The largest absolute Gasteiger partial charge is 0.481 e. The van der Waals surface area contributed by atoms with E-state index in [1.807, 2.05) is 0 Å². The molecular weight excluding hydrogens is 404 g/mol. The van der Waals surface area contributed by atoms with E-state index in [9.17, 15) is 24.3 Å². The zero-order chi connectivity index (χ0) is 21.1. The fourth-order valence-corrected chi connectivity index (χ4v) is 4.48. The first-order valence-electron chi connectivity index (χ1n) is 8.82. The standard InChI is InChI=1S/C17H20N4O7S/c1-9(22)28-7-10-8-29-15-12(14(25)21(15)13(10)16(26)27)19-17-18-4-6-20(17)5-2-3-11(23)24/h4,6,12,15H,2-3,5,7-8H2,1H3,(H,18,19)(H,23,24)(H,26,27)/t12?,15-/m0/s1. The Morgan fingerprint density at radius 2 is 2.14 bits per heavy atom. The van der Waals surface area contributed by atoms with Gasteiger partial charge in [0.25, 0.3) is 5.91 Å². The average Bonchev–Trinajstić information content (AvgIpc) is 3.10. The van der Waals surface area contributed by atoms with Crippen LogP contribution in [-0.4, -0.2) is 72.3 Å². The number of aryl methyl sites for hydroxylation is 1. The van der Waals surface area contributed by atoms with Crippen molar-refractivity contribution in [3.63, 3.8) is 0 Å². The SMILES string of the molecule is CC(=O)OCC1=C(C(=O)O)N2C(=O)C(Nc3nccn3CCCC(=O)O)[C@@H]2SC1. The molecule has 1 amide bonds. The molecule has 0 spiro atoms. The molecule has 2 atom stereocenters. The van der Waals surface area contributed by atoms with Gasteiger partial charge >= 0.3 is 17.9 Å². The Morgan fingerprint density at radius 1 is 1.38 bits per heavy atom. The van der Waals surface area contributed by atoms with Crippen molar-refractivity contribution in [3.8, 4) is 0 Å². The molecule has 1 saturated heterocycles. The topological polar surface area (TPSA) is 151 Å². The van der Waals surface area contributed by atoms with Gasteiger partial charge < -0.3 is 24.8 Å². The monoisotopic (exact) mass is 424 g/mol. The van der Waals surface area contributed by atoms with Crippen LogP contribution >= 0.6 is 11.8 Å². The molecule has 3 N–H and O–H groups in total. The minimum Gasteiger partial charge on any atom is -0.481 e. The molecule has 0 aromatic carbocycles. The number of imidazole rings is 1. The first-order valence-corrected chi connectivity index (χ1v) is 9.87. The minimum absolute atomic E-state index is 0.0180. The number of esters is 1. The molecule has 1 aromatic rings. The Labute approximate surface area is 169 Å². The number of hydrogen-bond acceptors (Lipinski definition) is 8. The van der Waals surface area contributed by atoms with E-state index in [0.717, 1.165) is 0 Å². The number of thioether (sulfide) groups is 1. The number of nitrogens with one attached hydrogen (secondary N) is 1. The second kappa shape index (κ2) is 8.55. The number of anilines is 1. The van der Waals surface area contributed by atoms with Crippen molar-refractivity contribution in [1.29, 1.82) is 0 Å². The highest BCUT2D eigenvalue weighted by Crippen LogP contribution is 2.41. The molecule has 0 saturated carbocycles. The maximum Gasteiger partial charge on any atom is 0.352 e. The lowest BCUT2D eigenvalue weighted by Gasteiger charge is -2.49. The van der Waals surface area contributed by atoms with E-state index in [2.05, 4.69) is 10.3 Å². The first kappa shape index (κ1) is 20.7. The molecule has 12 heteroatoms. The number of aromatic nitrogens is 2. The number of carbonyl (C=O) groups excluding carboxylic acids is 2. The maximum absolute atomic E-state index is 12.7. The van der Waals surface area contributed by atoms with Crippen LogP contribution in [0.4, 0.5) is 5.95 Å². The summed E-state index contributed by atoms with van der Waals surface area (Å²) in [5.74, 6) is -2.35. The predicted octanol–water partition coefficient (Wildman–Crippen LogP) is 0.345. The number of ether oxygens (including phenoxy) is 1. The van der Waals surface area contributed by atoms with Crippen molar-refractivity contribution in [1.82, 2.24) is 14.5 Å². The zero-order valence-electron chi connectivity index (χ0n) is 15.5. The van der Waals surface area contributed by atoms with Gasteiger partial charge in [-0.3, -0.25) is 19.3 Å². The fraction of sp³-hybridized carbons (Fsp3) is 0.471. The number of carbonyl (C=O) groups is 4. The second-order valence-corrected chi connectivity index (χ2v) is 7.62. The van der Waals surface area contributed by atoms with Crippen molar-refractivity contribution in [2.75, 3.05) is 17.7 Å². The van der Waals surface area contributed by atoms with E-state index in [4.69, 9.17) is 9.84 Å². The quantitative estimate of drug-likeness (QED) is 0.374. The number of carboxylic acid groups (broad SMARTS) is 2. The van der Waals surface area contributed by atoms with Crippen molar-refractivity contribution in [2.24, 2.45) is 0 Å². The molecule has 29 heavy (non-hydrogen) atoms. The number of aliphatic carboxylic acids is 2. The third-order valence-corrected chi connectivity index (χ3v) is 5.83. The maximum atomic E-state index is 12.7. The number of carboxylic acids is 2. The zero-order valence-corrected chi connectivity index (χ0v) is 16.3. The highest BCUT2D eigenvalue weighted by molar-refractivity contribution is 8.00. The summed E-state index contributed by atoms with van der Waals surface area (Å²) >= 11 is 1.37. The van der Waals surface area contributed by atoms with Crippen LogP contribution in [0.3, 0.4) is 0 Å². The van der Waals surface area contributed by atoms with Gasteiger partial charge in [-0.25, -0.2) is 9.78 Å². The molecule has 11 nitrogen and oxygen atoms in total. The van der Waals surface area contributed by atoms with Crippen LogP contribution in [0, 0.1) is 0 Å². The molecule has 0 bridgehead atoms. The highest BCUT2D eigenvalue weighted by Gasteiger charge is 2.54. The van der Waals surface area contributed by atoms with E-state index in [0.29, 0.717) is 30.2 Å². The smallest absolute Gasteiger partial charge is 0.352 e. The molecule has 1 fully saturated rings. The predicted molar refractivity (Wildman–Crippen MR) is 101 cm³/mol. The molecular formula is C17H20N4O7S. The summed E-state index contributed by atoms with van der Waals surface area (Å²) in [7, 11) is 0. The van der Waals surface area contributed by atoms with Crippen molar-refractivity contribution >= 4 is 41.5 Å². The first-order chi connectivity index (χ1) is 13.8. The van der Waals surface area contributed by atoms with Gasteiger partial charge in [0.1, 0.15) is 23.7 Å².